The van der Waals surface area contributed by atoms with Gasteiger partial charge in [0.15, 0.2) is 4.67 Å². The van der Waals surface area contributed by atoms with Gasteiger partial charge in [-0.15, -0.1) is 0 Å². The molecule has 86 valence electrons. The van der Waals surface area contributed by atoms with E-state index in [4.69, 9.17) is 10.2 Å². The quantitative estimate of drug-likeness (QED) is 0.915. The lowest BCUT2D eigenvalue weighted by Gasteiger charge is -2.11. The van der Waals surface area contributed by atoms with Crippen molar-refractivity contribution < 1.29 is 17.6 Å². The molecule has 1 aromatic rings. The van der Waals surface area contributed by atoms with Gasteiger partial charge in [-0.1, -0.05) is 0 Å². The fraction of sp³-hybridized carbons (Fsp3) is 0.556. The average molecular weight is 286 g/mol. The molecule has 0 aliphatic carbocycles. The lowest BCUT2D eigenvalue weighted by atomic mass is 10.1. The number of alkyl halides is 3. The van der Waals surface area contributed by atoms with E-state index in [-0.39, 0.29) is 12.8 Å². The molecule has 0 bridgehead atoms. The number of hydrogen-bond donors (Lipinski definition) is 1. The number of halogens is 4. The third-order valence-electron chi connectivity index (χ3n) is 2.02. The molecule has 1 atom stereocenters. The van der Waals surface area contributed by atoms with Crippen molar-refractivity contribution in [3.05, 3.63) is 22.6 Å². The first-order valence-corrected chi connectivity index (χ1v) is 5.24. The van der Waals surface area contributed by atoms with E-state index in [1.165, 1.54) is 6.26 Å². The molecule has 0 aliphatic rings. The van der Waals surface area contributed by atoms with Crippen molar-refractivity contribution in [3.8, 4) is 0 Å². The molecule has 1 unspecified atom stereocenters. The Hall–Kier alpha value is -0.490. The van der Waals surface area contributed by atoms with Crippen LogP contribution in [0, 0.1) is 0 Å². The minimum Gasteiger partial charge on any atom is -0.457 e. The zero-order chi connectivity index (χ0) is 11.5. The van der Waals surface area contributed by atoms with Crippen molar-refractivity contribution in [1.82, 2.24) is 0 Å². The number of nitrogens with two attached hydrogens (primary N) is 1. The predicted molar refractivity (Wildman–Crippen MR) is 53.2 cm³/mol. The Balaban J connectivity index is 2.37. The molecule has 0 aromatic carbocycles. The first-order valence-electron chi connectivity index (χ1n) is 4.45. The second kappa shape index (κ2) is 5.03. The van der Waals surface area contributed by atoms with Gasteiger partial charge in [-0.25, -0.2) is 0 Å². The summed E-state index contributed by atoms with van der Waals surface area (Å²) in [4.78, 5) is 0. The van der Waals surface area contributed by atoms with Gasteiger partial charge in [0.1, 0.15) is 0 Å². The molecule has 1 rings (SSSR count). The highest BCUT2D eigenvalue weighted by Gasteiger charge is 2.26. The van der Waals surface area contributed by atoms with Crippen LogP contribution in [0.4, 0.5) is 13.2 Å². The second-order valence-corrected chi connectivity index (χ2v) is 3.98. The summed E-state index contributed by atoms with van der Waals surface area (Å²) < 4.78 is 41.0. The van der Waals surface area contributed by atoms with E-state index in [1.807, 2.05) is 0 Å². The Bertz CT molecular complexity index is 311. The van der Waals surface area contributed by atoms with E-state index in [0.717, 1.165) is 0 Å². The number of furan rings is 1. The van der Waals surface area contributed by atoms with E-state index in [9.17, 15) is 13.2 Å². The average Bonchev–Trinajstić information content (AvgIpc) is 2.48. The minimum atomic E-state index is -4.10. The lowest BCUT2D eigenvalue weighted by molar-refractivity contribution is -0.135. The van der Waals surface area contributed by atoms with E-state index in [2.05, 4.69) is 15.9 Å². The van der Waals surface area contributed by atoms with Crippen LogP contribution in [0.2, 0.25) is 0 Å². The van der Waals surface area contributed by atoms with Gasteiger partial charge in [0, 0.05) is 18.0 Å². The van der Waals surface area contributed by atoms with Gasteiger partial charge in [0.05, 0.1) is 6.26 Å². The fourth-order valence-electron chi connectivity index (χ4n) is 1.25. The van der Waals surface area contributed by atoms with Crippen molar-refractivity contribution >= 4 is 15.9 Å². The van der Waals surface area contributed by atoms with Crippen LogP contribution >= 0.6 is 15.9 Å². The summed E-state index contributed by atoms with van der Waals surface area (Å²) in [5, 5.41) is 0. The smallest absolute Gasteiger partial charge is 0.389 e. The summed E-state index contributed by atoms with van der Waals surface area (Å²) in [5.74, 6) is 0. The van der Waals surface area contributed by atoms with Crippen LogP contribution in [0.15, 0.2) is 21.4 Å². The second-order valence-electron chi connectivity index (χ2n) is 3.26. The zero-order valence-electron chi connectivity index (χ0n) is 7.85. The van der Waals surface area contributed by atoms with Crippen LogP contribution in [-0.2, 0) is 0 Å². The zero-order valence-corrected chi connectivity index (χ0v) is 9.44. The summed E-state index contributed by atoms with van der Waals surface area (Å²) in [7, 11) is 0. The molecule has 0 amide bonds. The summed E-state index contributed by atoms with van der Waals surface area (Å²) in [6.45, 7) is 0. The lowest BCUT2D eigenvalue weighted by Crippen LogP contribution is -2.12. The van der Waals surface area contributed by atoms with E-state index in [0.29, 0.717) is 10.2 Å². The van der Waals surface area contributed by atoms with Gasteiger partial charge < -0.3 is 10.2 Å². The molecule has 0 aliphatic heterocycles. The van der Waals surface area contributed by atoms with Gasteiger partial charge in [-0.2, -0.15) is 13.2 Å². The SMILES string of the molecule is NC(CCCC(F)(F)F)c1ccoc1Br. The van der Waals surface area contributed by atoms with Gasteiger partial charge in [0.2, 0.25) is 0 Å². The summed E-state index contributed by atoms with van der Waals surface area (Å²) in [5.41, 5.74) is 6.42. The van der Waals surface area contributed by atoms with Crippen LogP contribution in [-0.4, -0.2) is 6.18 Å². The molecule has 0 fully saturated rings. The molecule has 0 radical (unpaired) electrons. The summed E-state index contributed by atoms with van der Waals surface area (Å²) in [6, 6.07) is 1.24. The molecular weight excluding hydrogens is 275 g/mol. The first kappa shape index (κ1) is 12.6. The van der Waals surface area contributed by atoms with Crippen molar-refractivity contribution in [3.63, 3.8) is 0 Å². The first-order chi connectivity index (χ1) is 6.90. The van der Waals surface area contributed by atoms with Crippen LogP contribution in [0.25, 0.3) is 0 Å². The monoisotopic (exact) mass is 285 g/mol. The summed E-state index contributed by atoms with van der Waals surface area (Å²) in [6.07, 6.45) is -3.13. The molecule has 1 heterocycles. The minimum absolute atomic E-state index is 0.0300. The summed E-state index contributed by atoms with van der Waals surface area (Å²) >= 11 is 3.13. The Labute approximate surface area is 93.8 Å². The topological polar surface area (TPSA) is 39.2 Å². The van der Waals surface area contributed by atoms with E-state index < -0.39 is 18.6 Å². The maximum atomic E-state index is 11.9. The fourth-order valence-corrected chi connectivity index (χ4v) is 1.78. The highest BCUT2D eigenvalue weighted by Crippen LogP contribution is 2.28. The van der Waals surface area contributed by atoms with Crippen molar-refractivity contribution in [2.75, 3.05) is 0 Å². The van der Waals surface area contributed by atoms with Crippen LogP contribution in [0.5, 0.6) is 0 Å². The standard InChI is InChI=1S/C9H11BrF3NO/c10-8-6(3-5-15-8)7(14)2-1-4-9(11,12)13/h3,5,7H,1-2,4,14H2. The normalized spacial score (nSPS) is 14.2. The highest BCUT2D eigenvalue weighted by molar-refractivity contribution is 9.10. The molecule has 1 aromatic heterocycles. The van der Waals surface area contributed by atoms with Crippen LogP contribution in [0.1, 0.15) is 30.9 Å². The molecule has 0 saturated carbocycles. The Morgan fingerprint density at radius 3 is 2.60 bits per heavy atom. The van der Waals surface area contributed by atoms with Crippen molar-refractivity contribution in [2.24, 2.45) is 5.73 Å². The number of rotatable bonds is 4. The highest BCUT2D eigenvalue weighted by atomic mass is 79.9. The van der Waals surface area contributed by atoms with E-state index >= 15 is 0 Å². The molecule has 6 heteroatoms. The van der Waals surface area contributed by atoms with Gasteiger partial charge in [-0.05, 0) is 34.8 Å². The third kappa shape index (κ3) is 4.25. The Morgan fingerprint density at radius 2 is 2.13 bits per heavy atom. The molecule has 2 N–H and O–H groups in total. The maximum absolute atomic E-state index is 11.9. The maximum Gasteiger partial charge on any atom is 0.389 e. The van der Waals surface area contributed by atoms with Gasteiger partial charge in [0.25, 0.3) is 0 Å². The Morgan fingerprint density at radius 1 is 1.47 bits per heavy atom. The van der Waals surface area contributed by atoms with Crippen molar-refractivity contribution in [2.45, 2.75) is 31.5 Å². The van der Waals surface area contributed by atoms with Crippen LogP contribution < -0.4 is 5.73 Å². The Kier molecular flexibility index (Phi) is 4.21. The number of hydrogen-bond acceptors (Lipinski definition) is 2. The molecule has 15 heavy (non-hydrogen) atoms. The largest absolute Gasteiger partial charge is 0.457 e. The van der Waals surface area contributed by atoms with Gasteiger partial charge in [-0.3, -0.25) is 0 Å². The molecule has 0 spiro atoms. The van der Waals surface area contributed by atoms with Crippen molar-refractivity contribution in [1.29, 1.82) is 0 Å². The molecule has 2 nitrogen and oxygen atoms in total. The predicted octanol–water partition coefficient (Wildman–Crippen LogP) is 3.77. The molecular formula is C9H11BrF3NO. The van der Waals surface area contributed by atoms with Crippen LogP contribution in [0.3, 0.4) is 0 Å². The van der Waals surface area contributed by atoms with Gasteiger partial charge >= 0.3 is 6.18 Å². The third-order valence-corrected chi connectivity index (χ3v) is 2.67. The molecule has 0 saturated heterocycles. The van der Waals surface area contributed by atoms with E-state index in [1.54, 1.807) is 6.07 Å².